The van der Waals surface area contributed by atoms with Crippen LogP contribution in [-0.2, 0) is 9.47 Å². The van der Waals surface area contributed by atoms with E-state index in [1.807, 2.05) is 6.92 Å². The number of ether oxygens (including phenoxy) is 3. The molecule has 2 fully saturated rings. The molecule has 0 bridgehead atoms. The van der Waals surface area contributed by atoms with Crippen molar-refractivity contribution in [1.82, 2.24) is 19.9 Å². The van der Waals surface area contributed by atoms with Gasteiger partial charge in [0.1, 0.15) is 12.4 Å². The Morgan fingerprint density at radius 1 is 0.926 bits per heavy atom. The molecule has 9 nitrogen and oxygen atoms in total. The van der Waals surface area contributed by atoms with Crippen molar-refractivity contribution in [2.75, 3.05) is 62.5 Å². The Morgan fingerprint density at radius 2 is 1.67 bits per heavy atom. The SMILES string of the molecule is Cc1ncc(-c2nc(N3CCOCC3)c3c(n2)N2CCOCC2CO3)cn1. The van der Waals surface area contributed by atoms with Crippen LogP contribution in [0.5, 0.6) is 5.75 Å². The van der Waals surface area contributed by atoms with Gasteiger partial charge in [-0.2, -0.15) is 0 Å². The summed E-state index contributed by atoms with van der Waals surface area (Å²) in [4.78, 5) is 22.8. The largest absolute Gasteiger partial charge is 0.484 e. The number of fused-ring (bicyclic) bond motifs is 3. The zero-order valence-corrected chi connectivity index (χ0v) is 15.3. The first-order chi connectivity index (χ1) is 13.3. The molecule has 5 heterocycles. The third kappa shape index (κ3) is 3.06. The molecular formula is C18H22N6O3. The van der Waals surface area contributed by atoms with Crippen LogP contribution in [0.3, 0.4) is 0 Å². The van der Waals surface area contributed by atoms with E-state index >= 15 is 0 Å². The molecule has 1 unspecified atom stereocenters. The molecule has 0 radical (unpaired) electrons. The quantitative estimate of drug-likeness (QED) is 0.757. The smallest absolute Gasteiger partial charge is 0.204 e. The standard InChI is InChI=1S/C18H22N6O3/c1-12-19-8-13(9-20-12)16-21-17(23-2-5-25-6-3-23)15-18(22-16)24-4-7-26-10-14(24)11-27-15/h8-9,14H,2-7,10-11H2,1H3. The van der Waals surface area contributed by atoms with Gasteiger partial charge in [0.25, 0.3) is 0 Å². The van der Waals surface area contributed by atoms with E-state index in [4.69, 9.17) is 24.2 Å². The van der Waals surface area contributed by atoms with Crippen LogP contribution < -0.4 is 14.5 Å². The lowest BCUT2D eigenvalue weighted by atomic mass is 10.2. The summed E-state index contributed by atoms with van der Waals surface area (Å²) in [6.45, 7) is 7.51. The predicted octanol–water partition coefficient (Wildman–Crippen LogP) is 0.676. The van der Waals surface area contributed by atoms with Crippen molar-refractivity contribution in [2.24, 2.45) is 0 Å². The molecule has 5 rings (SSSR count). The number of aryl methyl sites for hydroxylation is 1. The summed E-state index contributed by atoms with van der Waals surface area (Å²) in [5.74, 6) is 3.75. The molecule has 27 heavy (non-hydrogen) atoms. The summed E-state index contributed by atoms with van der Waals surface area (Å²) in [7, 11) is 0. The zero-order valence-electron chi connectivity index (χ0n) is 15.3. The second-order valence-corrected chi connectivity index (χ2v) is 6.88. The molecule has 0 spiro atoms. The maximum absolute atomic E-state index is 6.13. The molecular weight excluding hydrogens is 348 g/mol. The Kier molecular flexibility index (Phi) is 4.25. The summed E-state index contributed by atoms with van der Waals surface area (Å²) in [5.41, 5.74) is 0.799. The number of nitrogens with zero attached hydrogens (tertiary/aromatic N) is 6. The van der Waals surface area contributed by atoms with Crippen molar-refractivity contribution in [3.05, 3.63) is 18.2 Å². The third-order valence-electron chi connectivity index (χ3n) is 5.10. The van der Waals surface area contributed by atoms with Crippen LogP contribution >= 0.6 is 0 Å². The lowest BCUT2D eigenvalue weighted by Crippen LogP contribution is -2.52. The van der Waals surface area contributed by atoms with E-state index in [2.05, 4.69) is 19.8 Å². The number of rotatable bonds is 2. The van der Waals surface area contributed by atoms with Crippen LogP contribution in [0.15, 0.2) is 12.4 Å². The Morgan fingerprint density at radius 3 is 2.48 bits per heavy atom. The van der Waals surface area contributed by atoms with Crippen molar-refractivity contribution in [3.8, 4) is 17.1 Å². The van der Waals surface area contributed by atoms with Crippen LogP contribution in [-0.4, -0.2) is 78.6 Å². The average Bonchev–Trinajstić information content (AvgIpc) is 2.74. The van der Waals surface area contributed by atoms with Crippen molar-refractivity contribution in [1.29, 1.82) is 0 Å². The summed E-state index contributed by atoms with van der Waals surface area (Å²) in [6, 6.07) is 0.181. The Bertz CT molecular complexity index is 807. The average molecular weight is 370 g/mol. The van der Waals surface area contributed by atoms with Crippen LogP contribution in [0, 0.1) is 6.92 Å². The fraction of sp³-hybridized carbons (Fsp3) is 0.556. The molecule has 2 saturated heterocycles. The lowest BCUT2D eigenvalue weighted by molar-refractivity contribution is 0.0695. The highest BCUT2D eigenvalue weighted by molar-refractivity contribution is 5.72. The van der Waals surface area contributed by atoms with Gasteiger partial charge in [0, 0.05) is 32.0 Å². The second-order valence-electron chi connectivity index (χ2n) is 6.88. The number of aromatic nitrogens is 4. The molecule has 0 aliphatic carbocycles. The fourth-order valence-corrected chi connectivity index (χ4v) is 3.63. The van der Waals surface area contributed by atoms with E-state index in [9.17, 15) is 0 Å². The van der Waals surface area contributed by atoms with E-state index in [0.29, 0.717) is 38.9 Å². The van der Waals surface area contributed by atoms with E-state index in [1.54, 1.807) is 12.4 Å². The minimum atomic E-state index is 0.181. The molecule has 0 saturated carbocycles. The van der Waals surface area contributed by atoms with E-state index in [0.717, 1.165) is 48.4 Å². The first-order valence-electron chi connectivity index (χ1n) is 9.30. The van der Waals surface area contributed by atoms with Crippen molar-refractivity contribution >= 4 is 11.6 Å². The van der Waals surface area contributed by atoms with Gasteiger partial charge in [0.15, 0.2) is 17.5 Å². The van der Waals surface area contributed by atoms with Gasteiger partial charge >= 0.3 is 0 Å². The topological polar surface area (TPSA) is 85.7 Å². The number of hydrogen-bond donors (Lipinski definition) is 0. The van der Waals surface area contributed by atoms with Gasteiger partial charge in [-0.15, -0.1) is 0 Å². The normalized spacial score (nSPS) is 22.0. The minimum Gasteiger partial charge on any atom is -0.484 e. The molecule has 0 amide bonds. The Balaban J connectivity index is 1.63. The lowest BCUT2D eigenvalue weighted by Gasteiger charge is -2.41. The monoisotopic (exact) mass is 370 g/mol. The predicted molar refractivity (Wildman–Crippen MR) is 98.3 cm³/mol. The highest BCUT2D eigenvalue weighted by Gasteiger charge is 2.35. The molecule has 0 N–H and O–H groups in total. The Labute approximate surface area is 157 Å². The number of anilines is 2. The highest BCUT2D eigenvalue weighted by atomic mass is 16.5. The maximum atomic E-state index is 6.13. The molecule has 2 aromatic heterocycles. The summed E-state index contributed by atoms with van der Waals surface area (Å²) in [6.07, 6.45) is 3.54. The number of hydrogen-bond acceptors (Lipinski definition) is 9. The van der Waals surface area contributed by atoms with E-state index in [-0.39, 0.29) is 6.04 Å². The Hall–Kier alpha value is -2.52. The van der Waals surface area contributed by atoms with Gasteiger partial charge in [-0.3, -0.25) is 0 Å². The summed E-state index contributed by atoms with van der Waals surface area (Å²) < 4.78 is 17.2. The third-order valence-corrected chi connectivity index (χ3v) is 5.10. The molecule has 2 aromatic rings. The van der Waals surface area contributed by atoms with Crippen LogP contribution in [0.4, 0.5) is 11.6 Å². The van der Waals surface area contributed by atoms with Crippen LogP contribution in [0.2, 0.25) is 0 Å². The van der Waals surface area contributed by atoms with Gasteiger partial charge in [-0.1, -0.05) is 0 Å². The fourth-order valence-electron chi connectivity index (χ4n) is 3.63. The molecule has 3 aliphatic heterocycles. The van der Waals surface area contributed by atoms with Gasteiger partial charge in [-0.05, 0) is 6.92 Å². The van der Waals surface area contributed by atoms with Crippen molar-refractivity contribution in [2.45, 2.75) is 13.0 Å². The van der Waals surface area contributed by atoms with E-state index < -0.39 is 0 Å². The van der Waals surface area contributed by atoms with Gasteiger partial charge < -0.3 is 24.0 Å². The molecule has 142 valence electrons. The van der Waals surface area contributed by atoms with E-state index in [1.165, 1.54) is 0 Å². The van der Waals surface area contributed by atoms with Crippen LogP contribution in [0.25, 0.3) is 11.4 Å². The molecule has 0 aromatic carbocycles. The molecule has 1 atom stereocenters. The zero-order chi connectivity index (χ0) is 18.2. The summed E-state index contributed by atoms with van der Waals surface area (Å²) >= 11 is 0. The second kappa shape index (κ2) is 6.90. The van der Waals surface area contributed by atoms with Gasteiger partial charge in [0.05, 0.1) is 38.0 Å². The maximum Gasteiger partial charge on any atom is 0.204 e. The molecule has 9 heteroatoms. The minimum absolute atomic E-state index is 0.181. The van der Waals surface area contributed by atoms with Gasteiger partial charge in [0.2, 0.25) is 5.75 Å². The first kappa shape index (κ1) is 16.6. The van der Waals surface area contributed by atoms with Crippen LogP contribution in [0.1, 0.15) is 5.82 Å². The van der Waals surface area contributed by atoms with Crippen molar-refractivity contribution < 1.29 is 14.2 Å². The highest BCUT2D eigenvalue weighted by Crippen LogP contribution is 2.41. The molecule has 3 aliphatic rings. The summed E-state index contributed by atoms with van der Waals surface area (Å²) in [5, 5.41) is 0. The number of morpholine rings is 2. The van der Waals surface area contributed by atoms with Crippen molar-refractivity contribution in [3.63, 3.8) is 0 Å². The first-order valence-corrected chi connectivity index (χ1v) is 9.30. The van der Waals surface area contributed by atoms with Gasteiger partial charge in [-0.25, -0.2) is 19.9 Å².